The summed E-state index contributed by atoms with van der Waals surface area (Å²) in [6.07, 6.45) is 10.3. The van der Waals surface area contributed by atoms with E-state index in [1.165, 1.54) is 100 Å². The molecule has 0 heteroatoms. The van der Waals surface area contributed by atoms with E-state index in [2.05, 4.69) is 110 Å². The minimum Gasteiger partial charge on any atom is -0.0654 e. The fourth-order valence-electron chi connectivity index (χ4n) is 6.07. The van der Waals surface area contributed by atoms with Gasteiger partial charge in [0.1, 0.15) is 0 Å². The fourth-order valence-corrected chi connectivity index (χ4v) is 6.07. The highest BCUT2D eigenvalue weighted by Crippen LogP contribution is 2.33. The predicted molar refractivity (Wildman–Crippen MR) is 163 cm³/mol. The van der Waals surface area contributed by atoms with Crippen LogP contribution in [0.4, 0.5) is 0 Å². The summed E-state index contributed by atoms with van der Waals surface area (Å²) in [4.78, 5) is 0. The lowest BCUT2D eigenvalue weighted by atomic mass is 9.86. The summed E-state index contributed by atoms with van der Waals surface area (Å²) in [5.41, 5.74) is 4.64. The largest absolute Gasteiger partial charge is 0.0654 e. The molecule has 1 aliphatic carbocycles. The molecule has 6 aromatic carbocycles. The van der Waals surface area contributed by atoms with Crippen LogP contribution in [0.1, 0.15) is 55.7 Å². The van der Waals surface area contributed by atoms with Gasteiger partial charge in [-0.25, -0.2) is 0 Å². The highest BCUT2D eigenvalue weighted by Gasteiger charge is 2.13. The van der Waals surface area contributed by atoms with Gasteiger partial charge < -0.3 is 0 Å². The third-order valence-corrected chi connectivity index (χ3v) is 8.10. The Morgan fingerprint density at radius 1 is 0.514 bits per heavy atom. The summed E-state index contributed by atoms with van der Waals surface area (Å²) in [5, 5.41) is 11.0. The van der Waals surface area contributed by atoms with Crippen molar-refractivity contribution >= 4 is 43.1 Å². The summed E-state index contributed by atoms with van der Waals surface area (Å²) in [6.45, 7) is 2.26. The average Bonchev–Trinajstić information content (AvgIpc) is 2.96. The Hall–Kier alpha value is -3.64. The first-order valence-corrected chi connectivity index (χ1v) is 14.1. The van der Waals surface area contributed by atoms with E-state index in [0.29, 0.717) is 0 Å². The molecule has 0 saturated carbocycles. The standard InChI is InChI=1S/C19H20.C18H16/c1-2-3-4-7-15-10-11-18-13-16-8-5-6-9-17(16)14-19(18)12-15;1-3-7-15-13(5-1)9-11-18-16-8-4-2-6-14(16)10-12-17(15)18/h5-6,8-14H,2-4,7H2,1H3;1,3,5,7,9-12H,2,4,6,8H2. The molecule has 7 rings (SSSR count). The van der Waals surface area contributed by atoms with Gasteiger partial charge in [-0.2, -0.15) is 0 Å². The molecule has 0 aromatic heterocycles. The van der Waals surface area contributed by atoms with Crippen LogP contribution < -0.4 is 0 Å². The molecule has 0 unspecified atom stereocenters. The van der Waals surface area contributed by atoms with Crippen LogP contribution in [0.5, 0.6) is 0 Å². The molecule has 0 saturated heterocycles. The lowest BCUT2D eigenvalue weighted by Crippen LogP contribution is -2.02. The van der Waals surface area contributed by atoms with Crippen LogP contribution in [0.2, 0.25) is 0 Å². The summed E-state index contributed by atoms with van der Waals surface area (Å²) in [7, 11) is 0. The van der Waals surface area contributed by atoms with Crippen molar-refractivity contribution in [2.45, 2.75) is 58.3 Å². The molecule has 0 amide bonds. The van der Waals surface area contributed by atoms with Gasteiger partial charge in [-0.1, -0.05) is 111 Å². The van der Waals surface area contributed by atoms with Crippen LogP contribution in [0, 0.1) is 0 Å². The van der Waals surface area contributed by atoms with Gasteiger partial charge >= 0.3 is 0 Å². The molecule has 0 atom stereocenters. The number of rotatable bonds is 4. The smallest absolute Gasteiger partial charge is 0.0102 e. The molecule has 37 heavy (non-hydrogen) atoms. The van der Waals surface area contributed by atoms with Crippen LogP contribution in [0.3, 0.4) is 0 Å². The second kappa shape index (κ2) is 10.8. The summed E-state index contributed by atoms with van der Waals surface area (Å²) in [6, 6.07) is 38.1. The Morgan fingerprint density at radius 3 is 2.03 bits per heavy atom. The molecule has 1 aliphatic rings. The Morgan fingerprint density at radius 2 is 1.19 bits per heavy atom. The van der Waals surface area contributed by atoms with E-state index in [-0.39, 0.29) is 0 Å². The summed E-state index contributed by atoms with van der Waals surface area (Å²) in [5.74, 6) is 0. The van der Waals surface area contributed by atoms with Crippen molar-refractivity contribution in [3.05, 3.63) is 120 Å². The Bertz CT molecular complexity index is 1690. The maximum absolute atomic E-state index is 2.36. The van der Waals surface area contributed by atoms with Gasteiger partial charge in [0.25, 0.3) is 0 Å². The Balaban J connectivity index is 0.000000136. The Labute approximate surface area is 220 Å². The fraction of sp³-hybridized carbons (Fsp3) is 0.243. The Kier molecular flexibility index (Phi) is 6.91. The monoisotopic (exact) mass is 480 g/mol. The molecule has 0 nitrogen and oxygen atoms in total. The predicted octanol–water partition coefficient (Wildman–Crippen LogP) is 10.6. The van der Waals surface area contributed by atoms with Crippen molar-refractivity contribution in [3.63, 3.8) is 0 Å². The first-order chi connectivity index (χ1) is 18.3. The van der Waals surface area contributed by atoms with Crippen molar-refractivity contribution in [2.75, 3.05) is 0 Å². The van der Waals surface area contributed by atoms with E-state index in [4.69, 9.17) is 0 Å². The van der Waals surface area contributed by atoms with Crippen LogP contribution >= 0.6 is 0 Å². The zero-order valence-corrected chi connectivity index (χ0v) is 22.0. The van der Waals surface area contributed by atoms with E-state index in [0.717, 1.165) is 0 Å². The molecule has 0 spiro atoms. The molecule has 0 aliphatic heterocycles. The zero-order chi connectivity index (χ0) is 25.0. The molecule has 0 radical (unpaired) electrons. The minimum absolute atomic E-state index is 1.20. The van der Waals surface area contributed by atoms with Gasteiger partial charge in [0, 0.05) is 0 Å². The van der Waals surface area contributed by atoms with E-state index in [1.54, 1.807) is 11.1 Å². The second-order valence-electron chi connectivity index (χ2n) is 10.6. The summed E-state index contributed by atoms with van der Waals surface area (Å²) < 4.78 is 0. The number of hydrogen-bond donors (Lipinski definition) is 0. The average molecular weight is 481 g/mol. The van der Waals surface area contributed by atoms with Gasteiger partial charge in [0.05, 0.1) is 0 Å². The minimum atomic E-state index is 1.20. The van der Waals surface area contributed by atoms with Crippen LogP contribution in [0.25, 0.3) is 43.1 Å². The van der Waals surface area contributed by atoms with E-state index < -0.39 is 0 Å². The molecule has 0 bridgehead atoms. The van der Waals surface area contributed by atoms with Gasteiger partial charge in [-0.05, 0) is 110 Å². The maximum Gasteiger partial charge on any atom is -0.0102 e. The number of benzene rings is 6. The third-order valence-electron chi connectivity index (χ3n) is 8.10. The number of aryl methyl sites for hydroxylation is 3. The SMILES string of the molecule is CCCCCc1ccc2cc3ccccc3cc2c1.c1ccc2c(c1)ccc1c3c(ccc12)CCCC3. The van der Waals surface area contributed by atoms with Gasteiger partial charge in [-0.15, -0.1) is 0 Å². The first-order valence-electron chi connectivity index (χ1n) is 14.1. The third kappa shape index (κ3) is 4.98. The highest BCUT2D eigenvalue weighted by atomic mass is 14.2. The quantitative estimate of drug-likeness (QED) is 0.134. The second-order valence-corrected chi connectivity index (χ2v) is 10.6. The number of hydrogen-bond acceptors (Lipinski definition) is 0. The molecule has 184 valence electrons. The topological polar surface area (TPSA) is 0 Å². The summed E-state index contributed by atoms with van der Waals surface area (Å²) >= 11 is 0. The molecule has 0 N–H and O–H groups in total. The van der Waals surface area contributed by atoms with Crippen LogP contribution in [-0.4, -0.2) is 0 Å². The van der Waals surface area contributed by atoms with Crippen LogP contribution in [0.15, 0.2) is 103 Å². The van der Waals surface area contributed by atoms with E-state index in [1.807, 2.05) is 0 Å². The molecular formula is C37H36. The molecular weight excluding hydrogens is 444 g/mol. The number of unbranched alkanes of at least 4 members (excludes halogenated alkanes) is 2. The van der Waals surface area contributed by atoms with Crippen molar-refractivity contribution in [1.29, 1.82) is 0 Å². The molecule has 6 aromatic rings. The lowest BCUT2D eigenvalue weighted by Gasteiger charge is -2.18. The number of fused-ring (bicyclic) bond motifs is 7. The van der Waals surface area contributed by atoms with Crippen LogP contribution in [-0.2, 0) is 19.3 Å². The van der Waals surface area contributed by atoms with Gasteiger partial charge in [0.15, 0.2) is 0 Å². The highest BCUT2D eigenvalue weighted by molar-refractivity contribution is 6.08. The van der Waals surface area contributed by atoms with Gasteiger partial charge in [0.2, 0.25) is 0 Å². The van der Waals surface area contributed by atoms with Crippen molar-refractivity contribution < 1.29 is 0 Å². The molecule has 0 fully saturated rings. The normalized spacial score (nSPS) is 13.0. The van der Waals surface area contributed by atoms with Crippen molar-refractivity contribution in [1.82, 2.24) is 0 Å². The van der Waals surface area contributed by atoms with E-state index in [9.17, 15) is 0 Å². The van der Waals surface area contributed by atoms with Crippen molar-refractivity contribution in [2.24, 2.45) is 0 Å². The lowest BCUT2D eigenvalue weighted by molar-refractivity contribution is 0.690. The molecule has 0 heterocycles. The van der Waals surface area contributed by atoms with Crippen molar-refractivity contribution in [3.8, 4) is 0 Å². The maximum atomic E-state index is 2.36. The van der Waals surface area contributed by atoms with E-state index >= 15 is 0 Å². The first kappa shape index (κ1) is 23.7. The zero-order valence-electron chi connectivity index (χ0n) is 22.0. The van der Waals surface area contributed by atoms with Gasteiger partial charge in [-0.3, -0.25) is 0 Å².